The summed E-state index contributed by atoms with van der Waals surface area (Å²) in [6.45, 7) is 3.21. The zero-order valence-corrected chi connectivity index (χ0v) is 16.8. The summed E-state index contributed by atoms with van der Waals surface area (Å²) in [7, 11) is 0. The van der Waals surface area contributed by atoms with E-state index in [0.29, 0.717) is 19.0 Å². The minimum atomic E-state index is -0.341. The summed E-state index contributed by atoms with van der Waals surface area (Å²) in [4.78, 5) is 15.5. The molecule has 1 saturated heterocycles. The molecular formula is C24H23N3O3. The van der Waals surface area contributed by atoms with Gasteiger partial charge in [0.15, 0.2) is 0 Å². The number of fused-ring (bicyclic) bond motifs is 2. The molecule has 2 aliphatic heterocycles. The van der Waals surface area contributed by atoms with Gasteiger partial charge in [-0.1, -0.05) is 36.4 Å². The Morgan fingerprint density at radius 3 is 2.17 bits per heavy atom. The van der Waals surface area contributed by atoms with Crippen molar-refractivity contribution >= 4 is 5.91 Å². The number of aromatic nitrogens is 2. The van der Waals surface area contributed by atoms with Gasteiger partial charge in [-0.15, -0.1) is 5.10 Å². The summed E-state index contributed by atoms with van der Waals surface area (Å²) in [6, 6.07) is 19.3. The van der Waals surface area contributed by atoms with Crippen molar-refractivity contribution in [2.24, 2.45) is 0 Å². The van der Waals surface area contributed by atoms with Gasteiger partial charge in [0.25, 0.3) is 0 Å². The van der Waals surface area contributed by atoms with E-state index < -0.39 is 0 Å². The number of piperidine rings is 1. The Morgan fingerprint density at radius 1 is 0.933 bits per heavy atom. The number of rotatable bonds is 3. The Labute approximate surface area is 175 Å². The third-order valence-electron chi connectivity index (χ3n) is 5.74. The zero-order chi connectivity index (χ0) is 20.5. The van der Waals surface area contributed by atoms with Crippen LogP contribution >= 0.6 is 0 Å². The maximum absolute atomic E-state index is 13.6. The van der Waals surface area contributed by atoms with Crippen LogP contribution in [0, 0.1) is 6.92 Å². The lowest BCUT2D eigenvalue weighted by atomic mass is 9.86. The normalized spacial score (nSPS) is 16.4. The molecule has 1 fully saturated rings. The highest BCUT2D eigenvalue weighted by molar-refractivity contribution is 5.89. The van der Waals surface area contributed by atoms with Crippen LogP contribution in [0.3, 0.4) is 0 Å². The molecule has 2 aliphatic rings. The third-order valence-corrected chi connectivity index (χ3v) is 5.74. The van der Waals surface area contributed by atoms with Crippen LogP contribution in [0.2, 0.25) is 0 Å². The zero-order valence-electron chi connectivity index (χ0n) is 16.8. The fourth-order valence-electron chi connectivity index (χ4n) is 4.17. The second kappa shape index (κ2) is 7.78. The van der Waals surface area contributed by atoms with Crippen molar-refractivity contribution in [2.45, 2.75) is 31.8 Å². The van der Waals surface area contributed by atoms with E-state index in [1.807, 2.05) is 72.5 Å². The molecule has 3 heterocycles. The predicted octanol–water partition coefficient (Wildman–Crippen LogP) is 4.09. The van der Waals surface area contributed by atoms with E-state index in [2.05, 4.69) is 10.2 Å². The van der Waals surface area contributed by atoms with Gasteiger partial charge in [0, 0.05) is 43.1 Å². The van der Waals surface area contributed by atoms with Crippen molar-refractivity contribution in [3.8, 4) is 17.4 Å². The molecule has 6 nitrogen and oxygen atoms in total. The van der Waals surface area contributed by atoms with Crippen LogP contribution in [0.25, 0.3) is 0 Å². The molecule has 0 saturated carbocycles. The molecule has 1 aromatic heterocycles. The smallest absolute Gasteiger partial charge is 0.234 e. The van der Waals surface area contributed by atoms with E-state index in [-0.39, 0.29) is 17.9 Å². The Morgan fingerprint density at radius 2 is 1.57 bits per heavy atom. The van der Waals surface area contributed by atoms with Gasteiger partial charge in [0.1, 0.15) is 17.6 Å². The van der Waals surface area contributed by atoms with E-state index >= 15 is 0 Å². The minimum Gasteiger partial charge on any atom is -0.473 e. The van der Waals surface area contributed by atoms with Gasteiger partial charge >= 0.3 is 0 Å². The average Bonchev–Trinajstić information content (AvgIpc) is 2.79. The van der Waals surface area contributed by atoms with E-state index in [1.165, 1.54) is 0 Å². The molecule has 0 atom stereocenters. The number of hydrogen-bond donors (Lipinski definition) is 0. The van der Waals surface area contributed by atoms with Crippen molar-refractivity contribution in [3.05, 3.63) is 77.5 Å². The van der Waals surface area contributed by atoms with Crippen molar-refractivity contribution in [2.75, 3.05) is 13.1 Å². The minimum absolute atomic E-state index is 0.0420. The summed E-state index contributed by atoms with van der Waals surface area (Å²) in [5.41, 5.74) is 2.71. The van der Waals surface area contributed by atoms with E-state index in [0.717, 1.165) is 41.2 Å². The molecule has 1 amide bonds. The molecule has 0 N–H and O–H groups in total. The molecular weight excluding hydrogens is 378 g/mol. The molecule has 0 radical (unpaired) electrons. The summed E-state index contributed by atoms with van der Waals surface area (Å²) in [6.07, 6.45) is 1.59. The quantitative estimate of drug-likeness (QED) is 0.661. The molecule has 30 heavy (non-hydrogen) atoms. The van der Waals surface area contributed by atoms with Gasteiger partial charge < -0.3 is 14.4 Å². The van der Waals surface area contributed by atoms with Crippen LogP contribution in [0.5, 0.6) is 17.4 Å². The van der Waals surface area contributed by atoms with Gasteiger partial charge in [-0.05, 0) is 25.1 Å². The van der Waals surface area contributed by atoms with Crippen LogP contribution in [-0.4, -0.2) is 40.2 Å². The number of nitrogens with zero attached hydrogens (tertiary/aromatic N) is 3. The SMILES string of the molecule is Cc1ccc(OC2CCN(C(=O)C3c4ccccc4Oc4ccccc43)CC2)nn1. The molecule has 152 valence electrons. The highest BCUT2D eigenvalue weighted by Gasteiger charge is 2.36. The molecule has 0 aliphatic carbocycles. The first-order valence-corrected chi connectivity index (χ1v) is 10.3. The Kier molecular flexibility index (Phi) is 4.83. The lowest BCUT2D eigenvalue weighted by Gasteiger charge is -2.36. The van der Waals surface area contributed by atoms with Gasteiger partial charge in [-0.25, -0.2) is 0 Å². The molecule has 3 aromatic rings. The topological polar surface area (TPSA) is 64.5 Å². The summed E-state index contributed by atoms with van der Waals surface area (Å²) in [5.74, 6) is 1.83. The monoisotopic (exact) mass is 401 g/mol. The summed E-state index contributed by atoms with van der Waals surface area (Å²) in [5, 5.41) is 8.12. The lowest BCUT2D eigenvalue weighted by Crippen LogP contribution is -2.44. The lowest BCUT2D eigenvalue weighted by molar-refractivity contribution is -0.133. The van der Waals surface area contributed by atoms with Crippen LogP contribution in [0.15, 0.2) is 60.7 Å². The van der Waals surface area contributed by atoms with Crippen molar-refractivity contribution in [3.63, 3.8) is 0 Å². The molecule has 2 aromatic carbocycles. The van der Waals surface area contributed by atoms with Crippen LogP contribution in [-0.2, 0) is 4.79 Å². The second-order valence-electron chi connectivity index (χ2n) is 7.77. The first-order chi connectivity index (χ1) is 14.7. The van der Waals surface area contributed by atoms with Gasteiger partial charge in [0.2, 0.25) is 11.8 Å². The molecule has 0 bridgehead atoms. The van der Waals surface area contributed by atoms with Gasteiger partial charge in [0.05, 0.1) is 11.6 Å². The second-order valence-corrected chi connectivity index (χ2v) is 7.77. The van der Waals surface area contributed by atoms with Crippen LogP contribution in [0.4, 0.5) is 0 Å². The Bertz CT molecular complexity index is 1010. The van der Waals surface area contributed by atoms with Gasteiger partial charge in [-0.3, -0.25) is 4.79 Å². The Balaban J connectivity index is 1.32. The number of carbonyl (C=O) groups is 1. The number of benzene rings is 2. The third kappa shape index (κ3) is 3.49. The number of likely N-dealkylation sites (tertiary alicyclic amines) is 1. The van der Waals surface area contributed by atoms with Crippen molar-refractivity contribution in [1.82, 2.24) is 15.1 Å². The molecule has 0 unspecified atom stereocenters. The van der Waals surface area contributed by atoms with E-state index in [1.54, 1.807) is 0 Å². The number of hydrogen-bond acceptors (Lipinski definition) is 5. The first kappa shape index (κ1) is 18.6. The maximum atomic E-state index is 13.6. The summed E-state index contributed by atoms with van der Waals surface area (Å²) < 4.78 is 12.0. The molecule has 0 spiro atoms. The van der Waals surface area contributed by atoms with Crippen LogP contribution in [0.1, 0.15) is 35.6 Å². The summed E-state index contributed by atoms with van der Waals surface area (Å²) >= 11 is 0. The first-order valence-electron chi connectivity index (χ1n) is 10.3. The highest BCUT2D eigenvalue weighted by Crippen LogP contribution is 2.44. The van der Waals surface area contributed by atoms with Gasteiger partial charge in [-0.2, -0.15) is 5.10 Å². The number of carbonyl (C=O) groups excluding carboxylic acids is 1. The predicted molar refractivity (Wildman–Crippen MR) is 112 cm³/mol. The standard InChI is InChI=1S/C24H23N3O3/c1-16-10-11-22(26-25-16)29-17-12-14-27(15-13-17)24(28)23-18-6-2-4-8-20(18)30-21-9-5-3-7-19(21)23/h2-11,17,23H,12-15H2,1H3. The van der Waals surface area contributed by atoms with Crippen molar-refractivity contribution < 1.29 is 14.3 Å². The van der Waals surface area contributed by atoms with Crippen molar-refractivity contribution in [1.29, 1.82) is 0 Å². The fraction of sp³-hybridized carbons (Fsp3) is 0.292. The fourth-order valence-corrected chi connectivity index (χ4v) is 4.17. The number of amides is 1. The number of ether oxygens (including phenoxy) is 2. The van der Waals surface area contributed by atoms with Crippen LogP contribution < -0.4 is 9.47 Å². The average molecular weight is 401 g/mol. The van der Waals surface area contributed by atoms with E-state index in [9.17, 15) is 4.79 Å². The Hall–Kier alpha value is -3.41. The molecule has 6 heteroatoms. The number of aryl methyl sites for hydroxylation is 1. The highest BCUT2D eigenvalue weighted by atomic mass is 16.5. The van der Waals surface area contributed by atoms with E-state index in [4.69, 9.17) is 9.47 Å². The number of para-hydroxylation sites is 2. The largest absolute Gasteiger partial charge is 0.473 e. The molecule has 5 rings (SSSR count). The maximum Gasteiger partial charge on any atom is 0.234 e.